The summed E-state index contributed by atoms with van der Waals surface area (Å²) in [6, 6.07) is 15.5. The molecule has 21 heavy (non-hydrogen) atoms. The Morgan fingerprint density at radius 2 is 1.71 bits per heavy atom. The number of rotatable bonds is 5. The van der Waals surface area contributed by atoms with Crippen LogP contribution in [-0.2, 0) is 16.6 Å². The van der Waals surface area contributed by atoms with Gasteiger partial charge in [0.25, 0.3) is 0 Å². The zero-order valence-corrected chi connectivity index (χ0v) is 13.0. The van der Waals surface area contributed by atoms with Gasteiger partial charge in [0.15, 0.2) is 0 Å². The van der Waals surface area contributed by atoms with Crippen LogP contribution in [0.4, 0.5) is 0 Å². The monoisotopic (exact) mass is 318 g/mol. The summed E-state index contributed by atoms with van der Waals surface area (Å²) in [6.07, 6.45) is 1.99. The van der Waals surface area contributed by atoms with Crippen LogP contribution < -0.4 is 4.72 Å². The van der Waals surface area contributed by atoms with Crippen molar-refractivity contribution < 1.29 is 8.42 Å². The van der Waals surface area contributed by atoms with Crippen molar-refractivity contribution in [3.63, 3.8) is 0 Å². The highest BCUT2D eigenvalue weighted by molar-refractivity contribution is 7.98. The summed E-state index contributed by atoms with van der Waals surface area (Å²) >= 11 is 1.64. The second-order valence-corrected chi connectivity index (χ2v) is 6.96. The molecule has 1 N–H and O–H groups in total. The Balaban J connectivity index is 2.08. The maximum absolute atomic E-state index is 12.1. The van der Waals surface area contributed by atoms with Gasteiger partial charge in [-0.2, -0.15) is 5.26 Å². The highest BCUT2D eigenvalue weighted by atomic mass is 32.2. The molecule has 6 heteroatoms. The highest BCUT2D eigenvalue weighted by Crippen LogP contribution is 2.15. The van der Waals surface area contributed by atoms with Gasteiger partial charge in [-0.3, -0.25) is 0 Å². The molecule has 0 heterocycles. The second-order valence-electron chi connectivity index (χ2n) is 4.31. The topological polar surface area (TPSA) is 70.0 Å². The molecule has 0 bridgehead atoms. The first-order valence-corrected chi connectivity index (χ1v) is 8.89. The first kappa shape index (κ1) is 15.6. The van der Waals surface area contributed by atoms with E-state index in [4.69, 9.17) is 5.26 Å². The van der Waals surface area contributed by atoms with Gasteiger partial charge in [-0.05, 0) is 48.2 Å². The Hall–Kier alpha value is -1.81. The predicted octanol–water partition coefficient (Wildman–Crippen LogP) is 2.76. The van der Waals surface area contributed by atoms with E-state index in [-0.39, 0.29) is 11.4 Å². The number of hydrogen-bond donors (Lipinski definition) is 1. The first-order valence-electron chi connectivity index (χ1n) is 6.18. The molecular formula is C15H14N2O2S2. The predicted molar refractivity (Wildman–Crippen MR) is 83.4 cm³/mol. The molecule has 2 rings (SSSR count). The Kier molecular flexibility index (Phi) is 5.02. The molecule has 0 aromatic heterocycles. The minimum absolute atomic E-state index is 0.155. The average molecular weight is 318 g/mol. The van der Waals surface area contributed by atoms with E-state index in [0.717, 1.165) is 10.5 Å². The van der Waals surface area contributed by atoms with Crippen LogP contribution in [0.2, 0.25) is 0 Å². The van der Waals surface area contributed by atoms with Gasteiger partial charge in [0.1, 0.15) is 0 Å². The molecule has 0 spiro atoms. The van der Waals surface area contributed by atoms with Gasteiger partial charge in [-0.1, -0.05) is 12.1 Å². The van der Waals surface area contributed by atoms with Crippen molar-refractivity contribution in [2.75, 3.05) is 6.26 Å². The minimum atomic E-state index is -3.56. The summed E-state index contributed by atoms with van der Waals surface area (Å²) in [4.78, 5) is 1.29. The number of sulfonamides is 1. The highest BCUT2D eigenvalue weighted by Gasteiger charge is 2.13. The summed E-state index contributed by atoms with van der Waals surface area (Å²) in [5, 5.41) is 8.71. The van der Waals surface area contributed by atoms with Gasteiger partial charge in [-0.15, -0.1) is 11.8 Å². The van der Waals surface area contributed by atoms with Crippen LogP contribution in [-0.4, -0.2) is 14.7 Å². The summed E-state index contributed by atoms with van der Waals surface area (Å²) in [5.74, 6) is 0. The van der Waals surface area contributed by atoms with Crippen LogP contribution in [0, 0.1) is 11.3 Å². The number of nitrogens with one attached hydrogen (secondary N) is 1. The van der Waals surface area contributed by atoms with Gasteiger partial charge < -0.3 is 0 Å². The first-order chi connectivity index (χ1) is 10.0. The third-order valence-electron chi connectivity index (χ3n) is 2.92. The van der Waals surface area contributed by atoms with Crippen molar-refractivity contribution in [3.8, 4) is 6.07 Å². The van der Waals surface area contributed by atoms with E-state index in [2.05, 4.69) is 4.72 Å². The molecule has 2 aromatic rings. The molecule has 0 aliphatic heterocycles. The van der Waals surface area contributed by atoms with Crippen LogP contribution >= 0.6 is 11.8 Å². The van der Waals surface area contributed by atoms with Crippen molar-refractivity contribution in [3.05, 3.63) is 59.7 Å². The molecule has 0 radical (unpaired) electrons. The fraction of sp³-hybridized carbons (Fsp3) is 0.133. The van der Waals surface area contributed by atoms with Crippen molar-refractivity contribution in [1.29, 1.82) is 5.26 Å². The molecule has 108 valence electrons. The quantitative estimate of drug-likeness (QED) is 0.861. The summed E-state index contributed by atoms with van der Waals surface area (Å²) in [7, 11) is -3.56. The number of thioether (sulfide) groups is 1. The molecule has 0 amide bonds. The number of hydrogen-bond acceptors (Lipinski definition) is 4. The van der Waals surface area contributed by atoms with E-state index in [0.29, 0.717) is 5.56 Å². The third-order valence-corrected chi connectivity index (χ3v) is 5.08. The maximum atomic E-state index is 12.1. The van der Waals surface area contributed by atoms with Crippen molar-refractivity contribution >= 4 is 21.8 Å². The Morgan fingerprint density at radius 1 is 1.10 bits per heavy atom. The molecule has 0 aliphatic carbocycles. The Labute approximate surface area is 128 Å². The molecule has 0 aliphatic rings. The van der Waals surface area contributed by atoms with E-state index in [1.807, 2.05) is 36.6 Å². The Morgan fingerprint density at radius 3 is 2.24 bits per heavy atom. The zero-order chi connectivity index (χ0) is 15.3. The normalized spacial score (nSPS) is 11.0. The summed E-state index contributed by atoms with van der Waals surface area (Å²) in [5.41, 5.74) is 1.33. The summed E-state index contributed by atoms with van der Waals surface area (Å²) < 4.78 is 26.8. The average Bonchev–Trinajstić information content (AvgIpc) is 2.53. The molecule has 0 saturated heterocycles. The fourth-order valence-electron chi connectivity index (χ4n) is 1.71. The third kappa shape index (κ3) is 4.08. The second kappa shape index (κ2) is 6.76. The number of nitrogens with zero attached hydrogens (tertiary/aromatic N) is 1. The fourth-order valence-corrected chi connectivity index (χ4v) is 3.14. The lowest BCUT2D eigenvalue weighted by atomic mass is 10.2. The lowest BCUT2D eigenvalue weighted by Gasteiger charge is -2.07. The van der Waals surface area contributed by atoms with E-state index >= 15 is 0 Å². The molecule has 0 atom stereocenters. The standard InChI is InChI=1S/C15H14N2O2S2/c1-20-14-6-2-13(3-7-14)11-17-21(18,19)15-8-4-12(10-16)5-9-15/h2-9,17H,11H2,1H3. The Bertz CT molecular complexity index is 746. The van der Waals surface area contributed by atoms with Crippen LogP contribution in [0.1, 0.15) is 11.1 Å². The molecule has 0 fully saturated rings. The van der Waals surface area contributed by atoms with E-state index in [9.17, 15) is 8.42 Å². The molecule has 4 nitrogen and oxygen atoms in total. The van der Waals surface area contributed by atoms with E-state index in [1.54, 1.807) is 11.8 Å². The molecule has 0 saturated carbocycles. The molecule has 0 unspecified atom stereocenters. The largest absolute Gasteiger partial charge is 0.240 e. The number of nitriles is 1. The van der Waals surface area contributed by atoms with Crippen molar-refractivity contribution in [1.82, 2.24) is 4.72 Å². The molecule has 2 aromatic carbocycles. The van der Waals surface area contributed by atoms with Gasteiger partial charge in [0, 0.05) is 11.4 Å². The number of benzene rings is 2. The molecular weight excluding hydrogens is 304 g/mol. The van der Waals surface area contributed by atoms with Gasteiger partial charge in [0.05, 0.1) is 16.5 Å². The zero-order valence-electron chi connectivity index (χ0n) is 11.4. The summed E-state index contributed by atoms with van der Waals surface area (Å²) in [6.45, 7) is 0.233. The van der Waals surface area contributed by atoms with Crippen LogP contribution in [0.15, 0.2) is 58.3 Å². The van der Waals surface area contributed by atoms with Gasteiger partial charge >= 0.3 is 0 Å². The van der Waals surface area contributed by atoms with Crippen LogP contribution in [0.25, 0.3) is 0 Å². The smallest absolute Gasteiger partial charge is 0.207 e. The van der Waals surface area contributed by atoms with Crippen molar-refractivity contribution in [2.24, 2.45) is 0 Å². The van der Waals surface area contributed by atoms with Crippen LogP contribution in [0.3, 0.4) is 0 Å². The van der Waals surface area contributed by atoms with Gasteiger partial charge in [0.2, 0.25) is 10.0 Å². The van der Waals surface area contributed by atoms with Gasteiger partial charge in [-0.25, -0.2) is 13.1 Å². The van der Waals surface area contributed by atoms with E-state index < -0.39 is 10.0 Å². The SMILES string of the molecule is CSc1ccc(CNS(=O)(=O)c2ccc(C#N)cc2)cc1. The maximum Gasteiger partial charge on any atom is 0.240 e. The van der Waals surface area contributed by atoms with E-state index in [1.165, 1.54) is 24.3 Å². The lowest BCUT2D eigenvalue weighted by Crippen LogP contribution is -2.23. The minimum Gasteiger partial charge on any atom is -0.207 e. The van der Waals surface area contributed by atoms with Crippen molar-refractivity contribution in [2.45, 2.75) is 16.3 Å². The van der Waals surface area contributed by atoms with Crippen LogP contribution in [0.5, 0.6) is 0 Å². The lowest BCUT2D eigenvalue weighted by molar-refractivity contribution is 0.581.